The Morgan fingerprint density at radius 2 is 1.33 bits per heavy atom. The molecular formula is C30H27NO8. The fourth-order valence-corrected chi connectivity index (χ4v) is 4.04. The van der Waals surface area contributed by atoms with Gasteiger partial charge in [-0.2, -0.15) is 0 Å². The van der Waals surface area contributed by atoms with Crippen LogP contribution in [0.1, 0.15) is 31.1 Å². The molecule has 9 heteroatoms. The van der Waals surface area contributed by atoms with Gasteiger partial charge in [-0.1, -0.05) is 54.6 Å². The van der Waals surface area contributed by atoms with Gasteiger partial charge in [-0.25, -0.2) is 14.4 Å². The molecule has 1 amide bonds. The summed E-state index contributed by atoms with van der Waals surface area (Å²) in [4.78, 5) is 50.5. The second-order valence-electron chi connectivity index (χ2n) is 8.59. The molecule has 0 unspecified atom stereocenters. The van der Waals surface area contributed by atoms with Gasteiger partial charge in [0.15, 0.2) is 6.10 Å². The lowest BCUT2D eigenvalue weighted by atomic mass is 10.0. The molecule has 200 valence electrons. The molecule has 0 bridgehead atoms. The second-order valence-corrected chi connectivity index (χ2v) is 8.59. The van der Waals surface area contributed by atoms with E-state index in [4.69, 9.17) is 14.2 Å². The van der Waals surface area contributed by atoms with E-state index in [1.54, 1.807) is 91.0 Å². The predicted octanol–water partition coefficient (Wildman–Crippen LogP) is 3.36. The number of carbonyl (C=O) groups is 4. The lowest BCUT2D eigenvalue weighted by Crippen LogP contribution is -2.49. The molecular weight excluding hydrogens is 502 g/mol. The van der Waals surface area contributed by atoms with Crippen LogP contribution >= 0.6 is 0 Å². The summed E-state index contributed by atoms with van der Waals surface area (Å²) in [7, 11) is 1.23. The molecule has 1 aliphatic rings. The summed E-state index contributed by atoms with van der Waals surface area (Å²) in [6, 6.07) is 24.3. The summed E-state index contributed by atoms with van der Waals surface area (Å²) in [5.41, 5.74) is 1.00. The first-order valence-electron chi connectivity index (χ1n) is 12.2. The van der Waals surface area contributed by atoms with Gasteiger partial charge >= 0.3 is 17.9 Å². The third kappa shape index (κ3) is 7.18. The van der Waals surface area contributed by atoms with Crippen LogP contribution in [-0.4, -0.2) is 61.9 Å². The Labute approximate surface area is 225 Å². The molecule has 0 aliphatic carbocycles. The molecule has 1 heterocycles. The molecule has 0 spiro atoms. The average molecular weight is 530 g/mol. The van der Waals surface area contributed by atoms with Gasteiger partial charge in [0.2, 0.25) is 0 Å². The topological polar surface area (TPSA) is 117 Å². The monoisotopic (exact) mass is 529 g/mol. The zero-order chi connectivity index (χ0) is 27.6. The van der Waals surface area contributed by atoms with E-state index in [0.717, 1.165) is 6.08 Å². The minimum absolute atomic E-state index is 0.277. The summed E-state index contributed by atoms with van der Waals surface area (Å²) in [5.74, 6) is -2.32. The normalized spacial score (nSPS) is 20.2. The van der Waals surface area contributed by atoms with Crippen molar-refractivity contribution in [3.8, 4) is 0 Å². The lowest BCUT2D eigenvalue weighted by molar-refractivity contribution is -0.134. The number of hydrogen-bond acceptors (Lipinski definition) is 8. The Morgan fingerprint density at radius 1 is 0.795 bits per heavy atom. The molecule has 4 rings (SSSR count). The zero-order valence-electron chi connectivity index (χ0n) is 21.1. The van der Waals surface area contributed by atoms with Crippen molar-refractivity contribution >= 4 is 23.8 Å². The average Bonchev–Trinajstić information content (AvgIpc) is 3.30. The Balaban J connectivity index is 1.62. The number of rotatable bonds is 9. The van der Waals surface area contributed by atoms with Gasteiger partial charge in [0.25, 0.3) is 5.91 Å². The van der Waals surface area contributed by atoms with E-state index < -0.39 is 48.2 Å². The number of hydrogen-bond donors (Lipinski definition) is 1. The van der Waals surface area contributed by atoms with Crippen LogP contribution in [0, 0.1) is 0 Å². The van der Waals surface area contributed by atoms with Crippen LogP contribution < -0.4 is 5.32 Å². The summed E-state index contributed by atoms with van der Waals surface area (Å²) < 4.78 is 22.1. The molecule has 4 atom stereocenters. The summed E-state index contributed by atoms with van der Waals surface area (Å²) in [6.45, 7) is -0.277. The van der Waals surface area contributed by atoms with Gasteiger partial charge in [-0.15, -0.1) is 0 Å². The third-order valence-electron chi connectivity index (χ3n) is 6.00. The van der Waals surface area contributed by atoms with Crippen molar-refractivity contribution in [3.05, 3.63) is 120 Å². The first-order valence-corrected chi connectivity index (χ1v) is 12.2. The SMILES string of the molecule is COC(=O)/C=C\[C@@H]1O[C@H](COC(=O)c2ccccc2)[C@@H](OC(=O)c2ccccc2)[C@H]1NC(=O)c1ccccc1. The van der Waals surface area contributed by atoms with Crippen LogP contribution in [0.4, 0.5) is 0 Å². The lowest BCUT2D eigenvalue weighted by Gasteiger charge is -2.25. The number of benzene rings is 3. The third-order valence-corrected chi connectivity index (χ3v) is 6.00. The fourth-order valence-electron chi connectivity index (χ4n) is 4.04. The predicted molar refractivity (Wildman–Crippen MR) is 140 cm³/mol. The molecule has 1 N–H and O–H groups in total. The van der Waals surface area contributed by atoms with E-state index in [1.165, 1.54) is 13.2 Å². The van der Waals surface area contributed by atoms with Crippen LogP contribution in [0.2, 0.25) is 0 Å². The van der Waals surface area contributed by atoms with Crippen molar-refractivity contribution in [1.29, 1.82) is 0 Å². The number of nitrogens with one attached hydrogen (secondary N) is 1. The highest BCUT2D eigenvalue weighted by molar-refractivity contribution is 5.94. The van der Waals surface area contributed by atoms with Gasteiger partial charge in [-0.05, 0) is 42.5 Å². The smallest absolute Gasteiger partial charge is 0.338 e. The standard InChI is InChI=1S/C30H27NO8/c1-36-25(32)18-17-23-26(31-28(33)20-11-5-2-6-12-20)27(39-30(35)22-15-9-4-10-16-22)24(38-23)19-37-29(34)21-13-7-3-8-14-21/h2-18,23-24,26-27H,19H2,1H3,(H,31,33)/b18-17-/t23-,24+,26-,27+/m0/s1. The highest BCUT2D eigenvalue weighted by Gasteiger charge is 2.47. The van der Waals surface area contributed by atoms with E-state index >= 15 is 0 Å². The van der Waals surface area contributed by atoms with Crippen LogP contribution in [0.25, 0.3) is 0 Å². The first-order chi connectivity index (χ1) is 19.0. The molecule has 3 aromatic rings. The van der Waals surface area contributed by atoms with Gasteiger partial charge in [0.05, 0.1) is 24.3 Å². The molecule has 1 saturated heterocycles. The number of ether oxygens (including phenoxy) is 4. The van der Waals surface area contributed by atoms with E-state index in [-0.39, 0.29) is 6.61 Å². The summed E-state index contributed by atoms with van der Waals surface area (Å²) in [6.07, 6.45) is -0.379. The highest BCUT2D eigenvalue weighted by atomic mass is 16.6. The van der Waals surface area contributed by atoms with Gasteiger partial charge < -0.3 is 24.3 Å². The summed E-state index contributed by atoms with van der Waals surface area (Å²) >= 11 is 0. The van der Waals surface area contributed by atoms with Crippen LogP contribution in [0.5, 0.6) is 0 Å². The highest BCUT2D eigenvalue weighted by Crippen LogP contribution is 2.27. The molecule has 0 saturated carbocycles. The van der Waals surface area contributed by atoms with Crippen molar-refractivity contribution in [3.63, 3.8) is 0 Å². The zero-order valence-corrected chi connectivity index (χ0v) is 21.1. The molecule has 39 heavy (non-hydrogen) atoms. The van der Waals surface area contributed by atoms with Gasteiger partial charge in [-0.3, -0.25) is 4.79 Å². The number of amides is 1. The Kier molecular flexibility index (Phi) is 9.20. The van der Waals surface area contributed by atoms with Crippen molar-refractivity contribution in [2.45, 2.75) is 24.4 Å². The maximum Gasteiger partial charge on any atom is 0.338 e. The van der Waals surface area contributed by atoms with E-state index in [9.17, 15) is 19.2 Å². The molecule has 1 aliphatic heterocycles. The Hall–Kier alpha value is -4.76. The fraction of sp³-hybridized carbons (Fsp3) is 0.200. The Morgan fingerprint density at radius 3 is 1.90 bits per heavy atom. The quantitative estimate of drug-likeness (QED) is 0.255. The maximum atomic E-state index is 13.1. The first kappa shape index (κ1) is 27.3. The minimum atomic E-state index is -1.07. The number of methoxy groups -OCH3 is 1. The molecule has 3 aromatic carbocycles. The molecule has 1 fully saturated rings. The molecule has 0 radical (unpaired) electrons. The van der Waals surface area contributed by atoms with Gasteiger partial charge in [0.1, 0.15) is 18.8 Å². The van der Waals surface area contributed by atoms with E-state index in [0.29, 0.717) is 16.7 Å². The van der Waals surface area contributed by atoms with Crippen molar-refractivity contribution in [2.75, 3.05) is 13.7 Å². The van der Waals surface area contributed by atoms with E-state index in [1.807, 2.05) is 0 Å². The summed E-state index contributed by atoms with van der Waals surface area (Å²) in [5, 5.41) is 2.86. The van der Waals surface area contributed by atoms with Crippen LogP contribution in [-0.2, 0) is 23.7 Å². The molecule has 9 nitrogen and oxygen atoms in total. The number of esters is 3. The second kappa shape index (κ2) is 13.2. The van der Waals surface area contributed by atoms with Crippen LogP contribution in [0.15, 0.2) is 103 Å². The minimum Gasteiger partial charge on any atom is -0.466 e. The maximum absolute atomic E-state index is 13.1. The van der Waals surface area contributed by atoms with Crippen LogP contribution in [0.3, 0.4) is 0 Å². The number of carbonyl (C=O) groups excluding carboxylic acids is 4. The largest absolute Gasteiger partial charge is 0.466 e. The van der Waals surface area contributed by atoms with Crippen molar-refractivity contribution in [1.82, 2.24) is 5.32 Å². The molecule has 0 aromatic heterocycles. The Bertz CT molecular complexity index is 1310. The van der Waals surface area contributed by atoms with E-state index in [2.05, 4.69) is 10.1 Å². The van der Waals surface area contributed by atoms with Crippen molar-refractivity contribution < 1.29 is 38.1 Å². The van der Waals surface area contributed by atoms with Gasteiger partial charge in [0, 0.05) is 11.6 Å². The van der Waals surface area contributed by atoms with Crippen molar-refractivity contribution in [2.24, 2.45) is 0 Å².